The van der Waals surface area contributed by atoms with Gasteiger partial charge in [-0.15, -0.1) is 6.58 Å². The molecule has 22 heavy (non-hydrogen) atoms. The van der Waals surface area contributed by atoms with Crippen molar-refractivity contribution >= 4 is 11.8 Å². The molecule has 4 nitrogen and oxygen atoms in total. The number of rotatable bonds is 10. The molecule has 0 saturated heterocycles. The molecule has 0 spiro atoms. The first kappa shape index (κ1) is 17.9. The maximum Gasteiger partial charge on any atom is 0.251 e. The number of hydrogen-bond donors (Lipinski definition) is 2. The molecule has 0 fully saturated rings. The van der Waals surface area contributed by atoms with Gasteiger partial charge in [0.2, 0.25) is 5.91 Å². The highest BCUT2D eigenvalue weighted by molar-refractivity contribution is 5.97. The summed E-state index contributed by atoms with van der Waals surface area (Å²) in [6, 6.07) is 4.45. The zero-order valence-corrected chi connectivity index (χ0v) is 12.7. The Labute approximate surface area is 130 Å². The smallest absolute Gasteiger partial charge is 0.251 e. The molecule has 0 aromatic heterocycles. The average Bonchev–Trinajstić information content (AvgIpc) is 2.49. The third-order valence-corrected chi connectivity index (χ3v) is 3.41. The van der Waals surface area contributed by atoms with Gasteiger partial charge >= 0.3 is 0 Å². The summed E-state index contributed by atoms with van der Waals surface area (Å²) in [5, 5.41) is 2.60. The van der Waals surface area contributed by atoms with Crippen molar-refractivity contribution in [2.45, 2.75) is 44.6 Å². The molecule has 5 heteroatoms. The molecule has 1 aromatic carbocycles. The highest BCUT2D eigenvalue weighted by atomic mass is 19.1. The Bertz CT molecular complexity index is 500. The van der Waals surface area contributed by atoms with Crippen molar-refractivity contribution < 1.29 is 14.0 Å². The largest absolute Gasteiger partial charge is 0.368 e. The van der Waals surface area contributed by atoms with E-state index in [9.17, 15) is 14.0 Å². The zero-order valence-electron chi connectivity index (χ0n) is 12.7. The molecule has 0 aliphatic carbocycles. The van der Waals surface area contributed by atoms with E-state index in [1.54, 1.807) is 0 Å². The van der Waals surface area contributed by atoms with Crippen LogP contribution in [0.4, 0.5) is 4.39 Å². The molecule has 0 saturated carbocycles. The number of primary amides is 1. The molecule has 1 aromatic rings. The lowest BCUT2D eigenvalue weighted by Gasteiger charge is -2.15. The van der Waals surface area contributed by atoms with E-state index in [0.29, 0.717) is 12.0 Å². The molecule has 2 amide bonds. The van der Waals surface area contributed by atoms with Crippen LogP contribution < -0.4 is 11.1 Å². The maximum absolute atomic E-state index is 12.8. The molecule has 1 atom stereocenters. The fraction of sp³-hybridized carbons (Fsp3) is 0.412. The number of carbonyl (C=O) groups is 2. The minimum absolute atomic E-state index is 0.304. The second kappa shape index (κ2) is 9.71. The fourth-order valence-electron chi connectivity index (χ4n) is 2.12. The van der Waals surface area contributed by atoms with Gasteiger partial charge in [0.1, 0.15) is 11.9 Å². The van der Waals surface area contributed by atoms with Crippen LogP contribution in [0.5, 0.6) is 0 Å². The Morgan fingerprint density at radius 2 is 1.82 bits per heavy atom. The predicted octanol–water partition coefficient (Wildman–Crippen LogP) is 2.94. The van der Waals surface area contributed by atoms with E-state index in [0.717, 1.165) is 32.1 Å². The Balaban J connectivity index is 2.43. The van der Waals surface area contributed by atoms with E-state index < -0.39 is 23.7 Å². The van der Waals surface area contributed by atoms with Crippen LogP contribution in [0.2, 0.25) is 0 Å². The van der Waals surface area contributed by atoms with E-state index in [1.165, 1.54) is 24.3 Å². The van der Waals surface area contributed by atoms with Crippen molar-refractivity contribution in [1.82, 2.24) is 5.32 Å². The summed E-state index contributed by atoms with van der Waals surface area (Å²) in [6.45, 7) is 3.66. The predicted molar refractivity (Wildman–Crippen MR) is 84.7 cm³/mol. The average molecular weight is 306 g/mol. The molecular weight excluding hydrogens is 283 g/mol. The van der Waals surface area contributed by atoms with Gasteiger partial charge in [-0.05, 0) is 43.5 Å². The number of amides is 2. The van der Waals surface area contributed by atoms with E-state index in [1.807, 2.05) is 6.08 Å². The van der Waals surface area contributed by atoms with Gasteiger partial charge in [0.05, 0.1) is 0 Å². The standard InChI is InChI=1S/C17H23FN2O2/c1-2-3-4-5-6-7-8-15(16(19)21)20-17(22)13-9-11-14(18)12-10-13/h2,9-12,15H,1,3-8H2,(H2,19,21)(H,20,22)/t15-/m0/s1. The molecule has 0 bridgehead atoms. The van der Waals surface area contributed by atoms with E-state index in [2.05, 4.69) is 11.9 Å². The van der Waals surface area contributed by atoms with Crippen LogP contribution in [0.3, 0.4) is 0 Å². The first-order chi connectivity index (χ1) is 10.5. The summed E-state index contributed by atoms with van der Waals surface area (Å²) in [4.78, 5) is 23.4. The lowest BCUT2D eigenvalue weighted by molar-refractivity contribution is -0.120. The summed E-state index contributed by atoms with van der Waals surface area (Å²) in [6.07, 6.45) is 7.31. The number of carbonyl (C=O) groups excluding carboxylic acids is 2. The van der Waals surface area contributed by atoms with Crippen LogP contribution in [-0.2, 0) is 4.79 Å². The molecule has 0 aliphatic rings. The van der Waals surface area contributed by atoms with E-state index in [-0.39, 0.29) is 0 Å². The number of allylic oxidation sites excluding steroid dienone is 1. The second-order valence-electron chi connectivity index (χ2n) is 5.22. The molecule has 120 valence electrons. The molecule has 0 radical (unpaired) electrons. The van der Waals surface area contributed by atoms with Gasteiger partial charge in [-0.3, -0.25) is 9.59 Å². The van der Waals surface area contributed by atoms with Crippen LogP contribution in [0.15, 0.2) is 36.9 Å². The monoisotopic (exact) mass is 306 g/mol. The lowest BCUT2D eigenvalue weighted by atomic mass is 10.1. The van der Waals surface area contributed by atoms with Crippen molar-refractivity contribution in [1.29, 1.82) is 0 Å². The van der Waals surface area contributed by atoms with Gasteiger partial charge in [0.15, 0.2) is 0 Å². The quantitative estimate of drug-likeness (QED) is 0.515. The third-order valence-electron chi connectivity index (χ3n) is 3.41. The van der Waals surface area contributed by atoms with Crippen LogP contribution in [0.25, 0.3) is 0 Å². The van der Waals surface area contributed by atoms with Gasteiger partial charge in [0.25, 0.3) is 5.91 Å². The van der Waals surface area contributed by atoms with E-state index in [4.69, 9.17) is 5.73 Å². The Morgan fingerprint density at radius 3 is 2.41 bits per heavy atom. The van der Waals surface area contributed by atoms with Gasteiger partial charge in [-0.25, -0.2) is 4.39 Å². The number of benzene rings is 1. The third kappa shape index (κ3) is 6.52. The van der Waals surface area contributed by atoms with Gasteiger partial charge < -0.3 is 11.1 Å². The normalized spacial score (nSPS) is 11.7. The van der Waals surface area contributed by atoms with Crippen LogP contribution in [0.1, 0.15) is 48.9 Å². The molecule has 1 rings (SSSR count). The van der Waals surface area contributed by atoms with Crippen molar-refractivity contribution in [3.05, 3.63) is 48.3 Å². The van der Waals surface area contributed by atoms with Crippen molar-refractivity contribution in [3.63, 3.8) is 0 Å². The minimum Gasteiger partial charge on any atom is -0.368 e. The highest BCUT2D eigenvalue weighted by Crippen LogP contribution is 2.09. The molecule has 0 unspecified atom stereocenters. The number of hydrogen-bond acceptors (Lipinski definition) is 2. The van der Waals surface area contributed by atoms with Gasteiger partial charge in [0, 0.05) is 5.56 Å². The van der Waals surface area contributed by atoms with Crippen molar-refractivity contribution in [2.24, 2.45) is 5.73 Å². The first-order valence-corrected chi connectivity index (χ1v) is 7.51. The molecule has 3 N–H and O–H groups in total. The summed E-state index contributed by atoms with van der Waals surface area (Å²) < 4.78 is 12.8. The highest BCUT2D eigenvalue weighted by Gasteiger charge is 2.18. The van der Waals surface area contributed by atoms with Crippen LogP contribution in [0, 0.1) is 5.82 Å². The Kier molecular flexibility index (Phi) is 7.89. The first-order valence-electron chi connectivity index (χ1n) is 7.51. The van der Waals surface area contributed by atoms with Gasteiger partial charge in [-0.1, -0.05) is 25.3 Å². The summed E-state index contributed by atoms with van der Waals surface area (Å²) >= 11 is 0. The number of halogens is 1. The van der Waals surface area contributed by atoms with Crippen LogP contribution >= 0.6 is 0 Å². The van der Waals surface area contributed by atoms with Crippen molar-refractivity contribution in [3.8, 4) is 0 Å². The Hall–Kier alpha value is -2.17. The summed E-state index contributed by atoms with van der Waals surface area (Å²) in [5.74, 6) is -1.39. The van der Waals surface area contributed by atoms with Crippen molar-refractivity contribution in [2.75, 3.05) is 0 Å². The summed E-state index contributed by atoms with van der Waals surface area (Å²) in [5.41, 5.74) is 5.63. The Morgan fingerprint density at radius 1 is 1.18 bits per heavy atom. The van der Waals surface area contributed by atoms with Gasteiger partial charge in [-0.2, -0.15) is 0 Å². The SMILES string of the molecule is C=CCCCCCC[C@H](NC(=O)c1ccc(F)cc1)C(N)=O. The topological polar surface area (TPSA) is 72.2 Å². The zero-order chi connectivity index (χ0) is 16.4. The number of nitrogens with two attached hydrogens (primary N) is 1. The summed E-state index contributed by atoms with van der Waals surface area (Å²) in [7, 11) is 0. The molecular formula is C17H23FN2O2. The number of unbranched alkanes of at least 4 members (excludes halogenated alkanes) is 4. The fourth-order valence-corrected chi connectivity index (χ4v) is 2.12. The number of nitrogens with one attached hydrogen (secondary N) is 1. The lowest BCUT2D eigenvalue weighted by Crippen LogP contribution is -2.44. The minimum atomic E-state index is -0.697. The van der Waals surface area contributed by atoms with E-state index >= 15 is 0 Å². The maximum atomic E-state index is 12.8. The molecule has 0 heterocycles. The van der Waals surface area contributed by atoms with Crippen LogP contribution in [-0.4, -0.2) is 17.9 Å². The second-order valence-corrected chi connectivity index (χ2v) is 5.22. The molecule has 0 aliphatic heterocycles.